The first-order valence-electron chi connectivity index (χ1n) is 4.85. The number of thioether (sulfide) groups is 1. The van der Waals surface area contributed by atoms with Crippen molar-refractivity contribution in [3.05, 3.63) is 0 Å². The number of ether oxygens (including phenoxy) is 1. The fourth-order valence-corrected chi connectivity index (χ4v) is 4.02. The lowest BCUT2D eigenvalue weighted by Gasteiger charge is -2.41. The maximum absolute atomic E-state index is 11.7. The molecule has 0 aromatic rings. The molecule has 0 spiro atoms. The van der Waals surface area contributed by atoms with Gasteiger partial charge in [-0.25, -0.2) is 4.79 Å². The summed E-state index contributed by atoms with van der Waals surface area (Å²) in [6.07, 6.45) is 0. The van der Waals surface area contributed by atoms with Crippen LogP contribution in [0.25, 0.3) is 0 Å². The zero-order valence-corrected chi connectivity index (χ0v) is 10.5. The molecule has 0 bridgehead atoms. The Morgan fingerprint density at radius 2 is 2.38 bits per heavy atom. The zero-order valence-electron chi connectivity index (χ0n) is 8.97. The quantitative estimate of drug-likeness (QED) is 0.424. The number of nitrogens with two attached hydrogens (primary N) is 1. The summed E-state index contributed by atoms with van der Waals surface area (Å²) >= 11 is 7.36. The van der Waals surface area contributed by atoms with Gasteiger partial charge in [0.25, 0.3) is 0 Å². The van der Waals surface area contributed by atoms with Crippen molar-refractivity contribution in [2.75, 3.05) is 13.0 Å². The lowest BCUT2D eigenvalue weighted by Crippen LogP contribution is -2.69. The first-order valence-corrected chi connectivity index (χ1v) is 6.27. The van der Waals surface area contributed by atoms with Crippen LogP contribution in [0.2, 0.25) is 0 Å². The van der Waals surface area contributed by atoms with E-state index in [0.717, 1.165) is 0 Å². The van der Waals surface area contributed by atoms with Gasteiger partial charge in [-0.05, 0) is 6.92 Å². The molecule has 0 aromatic heterocycles. The van der Waals surface area contributed by atoms with Crippen molar-refractivity contribution >= 4 is 35.2 Å². The number of hydrogen-bond donors (Lipinski definition) is 1. The summed E-state index contributed by atoms with van der Waals surface area (Å²) in [5, 5.41) is -0.152. The number of carbonyl (C=O) groups excluding carboxylic acids is 2. The molecule has 16 heavy (non-hydrogen) atoms. The number of hydrogen-bond acceptors (Lipinski definition) is 5. The molecule has 7 heteroatoms. The Bertz CT molecular complexity index is 354. The number of rotatable bonds is 2. The Morgan fingerprint density at radius 1 is 1.75 bits per heavy atom. The highest BCUT2D eigenvalue weighted by molar-refractivity contribution is 8.01. The minimum absolute atomic E-state index is 0.152. The van der Waals surface area contributed by atoms with Crippen molar-refractivity contribution in [1.29, 1.82) is 0 Å². The lowest BCUT2D eigenvalue weighted by molar-refractivity contribution is -0.160. The Kier molecular flexibility index (Phi) is 2.84. The number of fused-ring (bicyclic) bond motifs is 1. The molecule has 5 nitrogen and oxygen atoms in total. The summed E-state index contributed by atoms with van der Waals surface area (Å²) in [6.45, 7) is 1.85. The molecule has 2 saturated heterocycles. The maximum Gasteiger partial charge on any atom is 0.330 e. The van der Waals surface area contributed by atoms with E-state index >= 15 is 0 Å². The van der Waals surface area contributed by atoms with E-state index in [0.29, 0.717) is 0 Å². The number of esters is 1. The van der Waals surface area contributed by atoms with Gasteiger partial charge in [0.15, 0.2) is 0 Å². The van der Waals surface area contributed by atoms with Crippen molar-refractivity contribution in [2.45, 2.75) is 29.1 Å². The molecule has 2 rings (SSSR count). The third kappa shape index (κ3) is 1.36. The summed E-state index contributed by atoms with van der Waals surface area (Å²) in [5.41, 5.74) is 5.68. The largest absolute Gasteiger partial charge is 0.467 e. The third-order valence-electron chi connectivity index (χ3n) is 3.06. The van der Waals surface area contributed by atoms with Crippen LogP contribution in [0.4, 0.5) is 0 Å². The molecular formula is C9H13ClN2O3S. The van der Waals surface area contributed by atoms with Crippen molar-refractivity contribution in [2.24, 2.45) is 5.73 Å². The Hall–Kier alpha value is -0.460. The fraction of sp³-hybridized carbons (Fsp3) is 0.778. The average molecular weight is 265 g/mol. The number of halogens is 1. The van der Waals surface area contributed by atoms with Gasteiger partial charge in [-0.1, -0.05) is 0 Å². The Balaban J connectivity index is 2.31. The molecule has 90 valence electrons. The molecule has 0 saturated carbocycles. The van der Waals surface area contributed by atoms with Crippen LogP contribution >= 0.6 is 23.4 Å². The molecule has 2 N–H and O–H groups in total. The van der Waals surface area contributed by atoms with Gasteiger partial charge >= 0.3 is 5.97 Å². The second-order valence-corrected chi connectivity index (χ2v) is 6.07. The van der Waals surface area contributed by atoms with Crippen LogP contribution in [0.5, 0.6) is 0 Å². The second kappa shape index (κ2) is 3.78. The number of amides is 1. The highest BCUT2D eigenvalue weighted by Gasteiger charge is 2.64. The average Bonchev–Trinajstić information content (AvgIpc) is 2.59. The van der Waals surface area contributed by atoms with Gasteiger partial charge in [0.2, 0.25) is 5.91 Å². The van der Waals surface area contributed by atoms with Crippen LogP contribution in [0.3, 0.4) is 0 Å². The van der Waals surface area contributed by atoms with Gasteiger partial charge < -0.3 is 15.4 Å². The molecule has 4 atom stereocenters. The fourth-order valence-electron chi connectivity index (χ4n) is 2.13. The molecule has 0 aliphatic carbocycles. The van der Waals surface area contributed by atoms with E-state index in [2.05, 4.69) is 0 Å². The van der Waals surface area contributed by atoms with Crippen LogP contribution in [0.15, 0.2) is 0 Å². The predicted molar refractivity (Wildman–Crippen MR) is 61.1 cm³/mol. The monoisotopic (exact) mass is 264 g/mol. The van der Waals surface area contributed by atoms with E-state index in [1.807, 2.05) is 6.92 Å². The van der Waals surface area contributed by atoms with Crippen LogP contribution < -0.4 is 5.73 Å². The molecule has 2 heterocycles. The van der Waals surface area contributed by atoms with E-state index in [1.54, 1.807) is 0 Å². The third-order valence-corrected chi connectivity index (χ3v) is 5.44. The minimum Gasteiger partial charge on any atom is -0.467 e. The summed E-state index contributed by atoms with van der Waals surface area (Å²) < 4.78 is 4.20. The van der Waals surface area contributed by atoms with Crippen molar-refractivity contribution in [1.82, 2.24) is 4.90 Å². The standard InChI is InChI=1S/C9H13ClN2O3S/c1-9(3-10)5(8(14)15-2)12-6(13)4(11)7(12)16-9/h4-5,7H,3,11H2,1-2H3. The van der Waals surface area contributed by atoms with E-state index in [9.17, 15) is 9.59 Å². The summed E-state index contributed by atoms with van der Waals surface area (Å²) in [7, 11) is 1.30. The SMILES string of the molecule is COC(=O)C1N2C(=O)C(N)C2SC1(C)CCl. The molecular weight excluding hydrogens is 252 g/mol. The van der Waals surface area contributed by atoms with Crippen molar-refractivity contribution < 1.29 is 14.3 Å². The number of carbonyl (C=O) groups is 2. The van der Waals surface area contributed by atoms with Gasteiger partial charge in [-0.3, -0.25) is 4.79 Å². The van der Waals surface area contributed by atoms with Gasteiger partial charge in [0.05, 0.1) is 11.9 Å². The smallest absolute Gasteiger partial charge is 0.330 e. The van der Waals surface area contributed by atoms with Crippen LogP contribution in [0, 0.1) is 0 Å². The van der Waals surface area contributed by atoms with Gasteiger partial charge in [-0.2, -0.15) is 0 Å². The van der Waals surface area contributed by atoms with Gasteiger partial charge in [0.1, 0.15) is 17.5 Å². The highest BCUT2D eigenvalue weighted by atomic mass is 35.5. The molecule has 1 amide bonds. The van der Waals surface area contributed by atoms with E-state index in [1.165, 1.54) is 23.8 Å². The molecule has 2 fully saturated rings. The van der Waals surface area contributed by atoms with Gasteiger partial charge in [-0.15, -0.1) is 23.4 Å². The van der Waals surface area contributed by atoms with Crippen LogP contribution in [-0.2, 0) is 14.3 Å². The van der Waals surface area contributed by atoms with E-state index in [-0.39, 0.29) is 17.2 Å². The number of methoxy groups -OCH3 is 1. The van der Waals surface area contributed by atoms with Crippen molar-refractivity contribution in [3.63, 3.8) is 0 Å². The summed E-state index contributed by atoms with van der Waals surface area (Å²) in [5.74, 6) is -0.370. The van der Waals surface area contributed by atoms with Crippen LogP contribution in [-0.4, -0.2) is 52.0 Å². The predicted octanol–water partition coefficient (Wildman–Crippen LogP) is -0.232. The molecule has 2 aliphatic heterocycles. The molecule has 0 aromatic carbocycles. The normalized spacial score (nSPS) is 41.6. The first-order chi connectivity index (χ1) is 7.46. The minimum atomic E-state index is -0.628. The molecule has 2 aliphatic rings. The topological polar surface area (TPSA) is 72.6 Å². The van der Waals surface area contributed by atoms with Crippen LogP contribution in [0.1, 0.15) is 6.92 Å². The number of nitrogens with zero attached hydrogens (tertiary/aromatic N) is 1. The molecule has 0 radical (unpaired) electrons. The summed E-state index contributed by atoms with van der Waals surface area (Å²) in [4.78, 5) is 24.8. The Labute approximate surface area is 103 Å². The number of β-lactam (4-membered cyclic amide) rings is 1. The van der Waals surface area contributed by atoms with E-state index < -0.39 is 22.8 Å². The number of alkyl halides is 1. The lowest BCUT2D eigenvalue weighted by atomic mass is 9.96. The zero-order chi connectivity index (χ0) is 12.1. The molecule has 4 unspecified atom stereocenters. The maximum atomic E-state index is 11.7. The highest BCUT2D eigenvalue weighted by Crippen LogP contribution is 2.51. The van der Waals surface area contributed by atoms with Gasteiger partial charge in [0, 0.05) is 5.88 Å². The summed E-state index contributed by atoms with van der Waals surface area (Å²) in [6, 6.07) is -1.15. The second-order valence-electron chi connectivity index (χ2n) is 4.15. The Morgan fingerprint density at radius 3 is 2.88 bits per heavy atom. The van der Waals surface area contributed by atoms with Crippen molar-refractivity contribution in [3.8, 4) is 0 Å². The van der Waals surface area contributed by atoms with E-state index in [4.69, 9.17) is 22.1 Å². The first kappa shape index (κ1) is 12.0.